The fourth-order valence-electron chi connectivity index (χ4n) is 1.06. The highest BCUT2D eigenvalue weighted by Crippen LogP contribution is 2.29. The van der Waals surface area contributed by atoms with Gasteiger partial charge in [0.2, 0.25) is 0 Å². The normalized spacial score (nSPS) is 42.9. The van der Waals surface area contributed by atoms with Crippen LogP contribution in [0, 0.1) is 0 Å². The lowest BCUT2D eigenvalue weighted by molar-refractivity contribution is 0.414. The average Bonchev–Trinajstić information content (AvgIpc) is 2.40. The molecule has 1 aliphatic heterocycles. The van der Waals surface area contributed by atoms with Crippen LogP contribution in [0.3, 0.4) is 0 Å². The van der Waals surface area contributed by atoms with Crippen molar-refractivity contribution < 1.29 is 19.8 Å². The molecule has 1 heterocycles. The van der Waals surface area contributed by atoms with Crippen LogP contribution >= 0.6 is 15.9 Å². The molecule has 1 aromatic carbocycles. The molecule has 14 heavy (non-hydrogen) atoms. The lowest BCUT2D eigenvalue weighted by Crippen LogP contribution is -2.17. The second-order valence-corrected chi connectivity index (χ2v) is 3.47. The fourth-order valence-corrected chi connectivity index (χ4v) is 1.52. The largest absolute Gasteiger partial charge is 0.497 e. The number of methoxy groups -OCH3 is 1. The lowest BCUT2D eigenvalue weighted by atomic mass is 10.3. The van der Waals surface area contributed by atoms with Crippen molar-refractivity contribution >= 4 is 21.6 Å². The Kier molecular flexibility index (Phi) is 0.947. The van der Waals surface area contributed by atoms with Gasteiger partial charge in [-0.25, -0.2) is 0 Å². The Morgan fingerprint density at radius 1 is 1.43 bits per heavy atom. The molecule has 1 fully saturated rings. The van der Waals surface area contributed by atoms with E-state index >= 15 is 0 Å². The minimum absolute atomic E-state index is 0.226. The second-order valence-electron chi connectivity index (χ2n) is 2.56. The highest BCUT2D eigenvalue weighted by atomic mass is 79.9. The Hall–Kier alpha value is -0.700. The predicted molar refractivity (Wildman–Crippen MR) is 62.1 cm³/mol. The van der Waals surface area contributed by atoms with Crippen molar-refractivity contribution in [1.82, 2.24) is 0 Å². The van der Waals surface area contributed by atoms with Crippen LogP contribution in [0.15, 0.2) is 22.7 Å². The Bertz CT molecular complexity index is 661. The third kappa shape index (κ3) is 2.03. The molecule has 1 saturated heterocycles. The highest BCUT2D eigenvalue weighted by molar-refractivity contribution is 9.10. The highest BCUT2D eigenvalue weighted by Gasteiger charge is 2.13. The number of benzene rings is 1. The van der Waals surface area contributed by atoms with E-state index in [-0.39, 0.29) is 15.9 Å². The number of nitrogens with zero attached hydrogens (tertiary/aromatic N) is 1. The number of hydrogen-bond donors (Lipinski definition) is 0. The first-order chi connectivity index (χ1) is 10.9. The number of anilines is 1. The first-order valence-electron chi connectivity index (χ1n) is 9.25. The van der Waals surface area contributed by atoms with Gasteiger partial charge >= 0.3 is 0 Å². The zero-order valence-corrected chi connectivity index (χ0v) is 8.55. The smallest absolute Gasteiger partial charge is 0.122 e. The molecule has 0 radical (unpaired) electrons. The summed E-state index contributed by atoms with van der Waals surface area (Å²) in [7, 11) is -2.80. The van der Waals surface area contributed by atoms with Gasteiger partial charge in [-0.2, -0.15) is 0 Å². The van der Waals surface area contributed by atoms with E-state index in [0.717, 1.165) is 6.07 Å². The summed E-state index contributed by atoms with van der Waals surface area (Å²) < 4.78 is 89.4. The minimum Gasteiger partial charge on any atom is -0.497 e. The van der Waals surface area contributed by atoms with Crippen molar-refractivity contribution in [2.24, 2.45) is 0 Å². The van der Waals surface area contributed by atoms with Gasteiger partial charge in [0.15, 0.2) is 0 Å². The van der Waals surface area contributed by atoms with Gasteiger partial charge in [0.05, 0.1) is 11.2 Å². The van der Waals surface area contributed by atoms with Crippen molar-refractivity contribution in [1.29, 1.82) is 0 Å². The van der Waals surface area contributed by atoms with Gasteiger partial charge in [-0.05, 0) is 24.9 Å². The maximum absolute atomic E-state index is 7.99. The van der Waals surface area contributed by atoms with Gasteiger partial charge in [0.25, 0.3) is 0 Å². The van der Waals surface area contributed by atoms with Crippen molar-refractivity contribution in [3.05, 3.63) is 22.7 Å². The summed E-state index contributed by atoms with van der Waals surface area (Å²) in [5, 5.41) is 0. The van der Waals surface area contributed by atoms with Gasteiger partial charge in [0, 0.05) is 40.2 Å². The lowest BCUT2D eigenvalue weighted by Gasteiger charge is -2.18. The van der Waals surface area contributed by atoms with Crippen LogP contribution in [0.2, 0.25) is 0 Å². The Labute approximate surface area is 108 Å². The summed E-state index contributed by atoms with van der Waals surface area (Å²) >= 11 is 3.08. The summed E-state index contributed by atoms with van der Waals surface area (Å²) in [5.74, 6) is -0.232. The molecule has 0 atom stereocenters. The first kappa shape index (κ1) is 3.14. The van der Waals surface area contributed by atoms with Gasteiger partial charge in [-0.3, -0.25) is 0 Å². The topological polar surface area (TPSA) is 12.5 Å². The Morgan fingerprint density at radius 2 is 2.21 bits per heavy atom. The van der Waals surface area contributed by atoms with E-state index in [0.29, 0.717) is 4.90 Å². The molecule has 0 bridgehead atoms. The van der Waals surface area contributed by atoms with Gasteiger partial charge in [0.1, 0.15) is 5.75 Å². The molecule has 0 N–H and O–H groups in total. The molecular weight excluding hydrogens is 242 g/mol. The van der Waals surface area contributed by atoms with Gasteiger partial charge in [-0.15, -0.1) is 0 Å². The van der Waals surface area contributed by atoms with Crippen LogP contribution in [0.25, 0.3) is 0 Å². The maximum Gasteiger partial charge on any atom is 0.122 e. The SMILES string of the molecule is [2H]C([2H])([2H])Oc1cc(Br)cc(N2C([2H])([2H])C([2H])([2H])C([2H])([2H])C2([2H])[2H])c1. The molecule has 0 aromatic heterocycles. The van der Waals surface area contributed by atoms with E-state index in [1.54, 1.807) is 0 Å². The molecule has 1 aromatic rings. The molecule has 1 aliphatic rings. The Morgan fingerprint density at radius 3 is 2.93 bits per heavy atom. The molecule has 2 nitrogen and oxygen atoms in total. The van der Waals surface area contributed by atoms with Crippen LogP contribution in [0.4, 0.5) is 5.69 Å². The molecular formula is C11H14BrNO. The van der Waals surface area contributed by atoms with Crippen LogP contribution in [-0.4, -0.2) is 20.0 Å². The number of halogens is 1. The number of rotatable bonds is 2. The zero-order chi connectivity index (χ0) is 19.6. The van der Waals surface area contributed by atoms with E-state index in [9.17, 15) is 0 Å². The zero-order valence-electron chi connectivity index (χ0n) is 18.0. The standard InChI is InChI=1S/C11H14BrNO/c1-14-11-7-9(12)6-10(8-11)13-4-2-3-5-13/h6-8H,2-5H2,1H3/i1D3,2D2,3D2,4D2,5D2. The monoisotopic (exact) mass is 266 g/mol. The minimum atomic E-state index is -3.18. The van der Waals surface area contributed by atoms with Crippen molar-refractivity contribution in [3.8, 4) is 5.75 Å². The third-order valence-electron chi connectivity index (χ3n) is 1.63. The summed E-state index contributed by atoms with van der Waals surface area (Å²) in [6, 6.07) is 3.50. The molecule has 2 rings (SSSR count). The maximum atomic E-state index is 7.99. The van der Waals surface area contributed by atoms with E-state index < -0.39 is 32.8 Å². The van der Waals surface area contributed by atoms with Gasteiger partial charge < -0.3 is 9.64 Å². The Balaban J connectivity index is 2.65. The molecule has 0 amide bonds. The fraction of sp³-hybridized carbons (Fsp3) is 0.455. The van der Waals surface area contributed by atoms with Crippen LogP contribution < -0.4 is 9.64 Å². The number of ether oxygens (including phenoxy) is 1. The molecule has 0 aliphatic carbocycles. The summed E-state index contributed by atoms with van der Waals surface area (Å²) in [4.78, 5) is 0.330. The first-order valence-corrected chi connectivity index (χ1v) is 4.54. The second kappa shape index (κ2) is 4.22. The molecule has 76 valence electrons. The predicted octanol–water partition coefficient (Wildman–Crippen LogP) is 3.06. The van der Waals surface area contributed by atoms with E-state index in [1.165, 1.54) is 12.1 Å². The average molecular weight is 267 g/mol. The number of hydrogen-bond acceptors (Lipinski definition) is 2. The summed E-state index contributed by atoms with van der Waals surface area (Å²) in [6.07, 6.45) is -6.37. The molecule has 0 saturated carbocycles. The molecule has 0 spiro atoms. The van der Waals surface area contributed by atoms with Crippen LogP contribution in [0.1, 0.15) is 27.8 Å². The van der Waals surface area contributed by atoms with Crippen molar-refractivity contribution in [2.75, 3.05) is 24.9 Å². The van der Waals surface area contributed by atoms with Gasteiger partial charge in [-0.1, -0.05) is 15.9 Å². The quantitative estimate of drug-likeness (QED) is 0.816. The molecule has 3 heteroatoms. The summed E-state index contributed by atoms with van der Waals surface area (Å²) in [5.41, 5.74) is -0.270. The molecule has 0 unspecified atom stereocenters. The third-order valence-corrected chi connectivity index (χ3v) is 2.09. The van der Waals surface area contributed by atoms with Crippen LogP contribution in [0.5, 0.6) is 5.75 Å². The van der Waals surface area contributed by atoms with Crippen LogP contribution in [-0.2, 0) is 0 Å². The van der Waals surface area contributed by atoms with E-state index in [4.69, 9.17) is 19.8 Å². The van der Waals surface area contributed by atoms with E-state index in [1.807, 2.05) is 0 Å². The van der Waals surface area contributed by atoms with Crippen molar-refractivity contribution in [3.63, 3.8) is 0 Å². The summed E-state index contributed by atoms with van der Waals surface area (Å²) in [6.45, 7) is -6.11. The van der Waals surface area contributed by atoms with E-state index in [2.05, 4.69) is 15.9 Å². The van der Waals surface area contributed by atoms with Crippen molar-refractivity contribution in [2.45, 2.75) is 12.7 Å².